The van der Waals surface area contributed by atoms with Crippen LogP contribution in [0.2, 0.25) is 0 Å². The first-order chi connectivity index (χ1) is 6.72. The van der Waals surface area contributed by atoms with Gasteiger partial charge in [0.05, 0.1) is 0 Å². The lowest BCUT2D eigenvalue weighted by Gasteiger charge is -2.21. The third-order valence-corrected chi connectivity index (χ3v) is 2.49. The summed E-state index contributed by atoms with van der Waals surface area (Å²) in [4.78, 5) is 0. The molecule has 0 bridgehead atoms. The van der Waals surface area contributed by atoms with Crippen LogP contribution in [-0.2, 0) is 0 Å². The van der Waals surface area contributed by atoms with Crippen molar-refractivity contribution >= 4 is 0 Å². The number of rotatable bonds is 4. The molecule has 1 atom stereocenters. The molecule has 80 valence electrons. The van der Waals surface area contributed by atoms with E-state index in [4.69, 9.17) is 0 Å². The van der Waals surface area contributed by atoms with Crippen molar-refractivity contribution in [3.05, 3.63) is 23.9 Å². The van der Waals surface area contributed by atoms with Gasteiger partial charge < -0.3 is 5.32 Å². The summed E-state index contributed by atoms with van der Waals surface area (Å²) < 4.78 is 0. The molecule has 1 aliphatic rings. The number of hydrogen-bond donors (Lipinski definition) is 1. The van der Waals surface area contributed by atoms with E-state index in [1.165, 1.54) is 25.0 Å². The Morgan fingerprint density at radius 3 is 3.00 bits per heavy atom. The predicted octanol–water partition coefficient (Wildman–Crippen LogP) is 3.63. The third kappa shape index (κ3) is 3.99. The van der Waals surface area contributed by atoms with Crippen LogP contribution in [0.15, 0.2) is 23.9 Å². The number of hydrogen-bond acceptors (Lipinski definition) is 1. The normalized spacial score (nSPS) is 22.9. The molecule has 0 saturated carbocycles. The molecule has 0 aromatic rings. The largest absolute Gasteiger partial charge is 0.386 e. The molecule has 0 heterocycles. The van der Waals surface area contributed by atoms with E-state index in [-0.39, 0.29) is 0 Å². The molecule has 1 unspecified atom stereocenters. The van der Waals surface area contributed by atoms with Gasteiger partial charge >= 0.3 is 0 Å². The molecular weight excluding hydrogens is 170 g/mol. The zero-order valence-corrected chi connectivity index (χ0v) is 9.72. The summed E-state index contributed by atoms with van der Waals surface area (Å²) in [6.45, 7) is 6.59. The monoisotopic (exact) mass is 193 g/mol. The van der Waals surface area contributed by atoms with Crippen molar-refractivity contribution in [2.24, 2.45) is 5.92 Å². The highest BCUT2D eigenvalue weighted by Gasteiger charge is 2.11. The average molecular weight is 193 g/mol. The minimum atomic E-state index is 0.565. The van der Waals surface area contributed by atoms with Crippen molar-refractivity contribution in [3.63, 3.8) is 0 Å². The Balaban J connectivity index is 2.50. The van der Waals surface area contributed by atoms with Crippen LogP contribution in [0.3, 0.4) is 0 Å². The molecule has 14 heavy (non-hydrogen) atoms. The van der Waals surface area contributed by atoms with Crippen LogP contribution in [0.25, 0.3) is 0 Å². The van der Waals surface area contributed by atoms with E-state index in [9.17, 15) is 0 Å². The van der Waals surface area contributed by atoms with E-state index in [1.807, 2.05) is 0 Å². The van der Waals surface area contributed by atoms with Gasteiger partial charge in [-0.15, -0.1) is 0 Å². The number of allylic oxidation sites excluding steroid dienone is 4. The average Bonchev–Trinajstić information content (AvgIpc) is 2.14. The van der Waals surface area contributed by atoms with E-state index in [2.05, 4.69) is 44.3 Å². The molecule has 0 radical (unpaired) electrons. The van der Waals surface area contributed by atoms with Gasteiger partial charge in [0.25, 0.3) is 0 Å². The fourth-order valence-electron chi connectivity index (χ4n) is 1.91. The molecule has 0 amide bonds. The van der Waals surface area contributed by atoms with Gasteiger partial charge in [0.1, 0.15) is 0 Å². The second-order valence-corrected chi connectivity index (χ2v) is 4.38. The van der Waals surface area contributed by atoms with Crippen molar-refractivity contribution in [1.29, 1.82) is 0 Å². The van der Waals surface area contributed by atoms with Gasteiger partial charge in [-0.3, -0.25) is 0 Å². The quantitative estimate of drug-likeness (QED) is 0.672. The van der Waals surface area contributed by atoms with Gasteiger partial charge in [0.2, 0.25) is 0 Å². The lowest BCUT2D eigenvalue weighted by molar-refractivity contribution is 0.550. The second-order valence-electron chi connectivity index (χ2n) is 4.38. The van der Waals surface area contributed by atoms with Crippen molar-refractivity contribution in [2.45, 2.75) is 52.5 Å². The van der Waals surface area contributed by atoms with Gasteiger partial charge in [-0.2, -0.15) is 0 Å². The lowest BCUT2D eigenvalue weighted by Crippen LogP contribution is -2.24. The van der Waals surface area contributed by atoms with Gasteiger partial charge in [-0.25, -0.2) is 0 Å². The summed E-state index contributed by atoms with van der Waals surface area (Å²) in [6.07, 6.45) is 12.0. The van der Waals surface area contributed by atoms with Gasteiger partial charge in [0.15, 0.2) is 0 Å². The zero-order valence-electron chi connectivity index (χ0n) is 9.72. The highest BCUT2D eigenvalue weighted by Crippen LogP contribution is 2.22. The Morgan fingerprint density at radius 2 is 2.36 bits per heavy atom. The molecule has 0 spiro atoms. The Morgan fingerprint density at radius 1 is 1.57 bits per heavy atom. The molecule has 0 fully saturated rings. The molecule has 0 saturated heterocycles. The van der Waals surface area contributed by atoms with Crippen LogP contribution in [-0.4, -0.2) is 6.04 Å². The lowest BCUT2D eigenvalue weighted by atomic mass is 9.93. The Bertz CT molecular complexity index is 213. The third-order valence-electron chi connectivity index (χ3n) is 2.49. The molecule has 1 aliphatic carbocycles. The summed E-state index contributed by atoms with van der Waals surface area (Å²) in [5, 5.41) is 3.52. The van der Waals surface area contributed by atoms with Crippen LogP contribution in [0.4, 0.5) is 0 Å². The van der Waals surface area contributed by atoms with Crippen molar-refractivity contribution in [2.75, 3.05) is 0 Å². The van der Waals surface area contributed by atoms with Crippen LogP contribution in [0, 0.1) is 5.92 Å². The first-order valence-electron chi connectivity index (χ1n) is 5.86. The SMILES string of the molecule is CC/C=C/C1C=C(NC(C)C)CCC1. The molecular formula is C13H23N. The minimum Gasteiger partial charge on any atom is -0.386 e. The highest BCUT2D eigenvalue weighted by molar-refractivity contribution is 5.11. The summed E-state index contributed by atoms with van der Waals surface area (Å²) in [5.74, 6) is 0.671. The molecule has 0 aromatic heterocycles. The van der Waals surface area contributed by atoms with Crippen molar-refractivity contribution in [3.8, 4) is 0 Å². The molecule has 1 rings (SSSR count). The highest BCUT2D eigenvalue weighted by atomic mass is 14.9. The van der Waals surface area contributed by atoms with Crippen molar-refractivity contribution in [1.82, 2.24) is 5.32 Å². The van der Waals surface area contributed by atoms with Gasteiger partial charge in [0, 0.05) is 11.7 Å². The van der Waals surface area contributed by atoms with Crippen molar-refractivity contribution < 1.29 is 0 Å². The van der Waals surface area contributed by atoms with E-state index in [0.29, 0.717) is 12.0 Å². The smallest absolute Gasteiger partial charge is 0.0201 e. The van der Waals surface area contributed by atoms with Crippen LogP contribution >= 0.6 is 0 Å². The van der Waals surface area contributed by atoms with Gasteiger partial charge in [-0.1, -0.05) is 25.2 Å². The summed E-state index contributed by atoms with van der Waals surface area (Å²) >= 11 is 0. The van der Waals surface area contributed by atoms with E-state index in [0.717, 1.165) is 6.42 Å². The predicted molar refractivity (Wildman–Crippen MR) is 63.1 cm³/mol. The topological polar surface area (TPSA) is 12.0 Å². The maximum Gasteiger partial charge on any atom is 0.0201 e. The van der Waals surface area contributed by atoms with Crippen LogP contribution < -0.4 is 5.32 Å². The minimum absolute atomic E-state index is 0.565. The molecule has 1 N–H and O–H groups in total. The first kappa shape index (κ1) is 11.4. The van der Waals surface area contributed by atoms with Crippen LogP contribution in [0.1, 0.15) is 46.5 Å². The number of nitrogens with one attached hydrogen (secondary N) is 1. The van der Waals surface area contributed by atoms with Gasteiger partial charge in [-0.05, 0) is 45.4 Å². The summed E-state index contributed by atoms with van der Waals surface area (Å²) in [5.41, 5.74) is 1.44. The van der Waals surface area contributed by atoms with Crippen LogP contribution in [0.5, 0.6) is 0 Å². The maximum atomic E-state index is 3.52. The maximum absolute atomic E-state index is 3.52. The summed E-state index contributed by atoms with van der Waals surface area (Å²) in [7, 11) is 0. The molecule has 0 aliphatic heterocycles. The molecule has 1 heteroatoms. The summed E-state index contributed by atoms with van der Waals surface area (Å²) in [6, 6.07) is 0.565. The molecule has 1 nitrogen and oxygen atoms in total. The Kier molecular flexibility index (Phi) is 4.78. The van der Waals surface area contributed by atoms with E-state index >= 15 is 0 Å². The van der Waals surface area contributed by atoms with E-state index < -0.39 is 0 Å². The fraction of sp³-hybridized carbons (Fsp3) is 0.692. The second kappa shape index (κ2) is 5.90. The standard InChI is InChI=1S/C13H23N/c1-4-5-7-12-8-6-9-13(10-12)14-11(2)3/h5,7,10-12,14H,4,6,8-9H2,1-3H3/b7-5+. The first-order valence-corrected chi connectivity index (χ1v) is 5.86. The fourth-order valence-corrected chi connectivity index (χ4v) is 1.91. The zero-order chi connectivity index (χ0) is 10.4. The Hall–Kier alpha value is -0.720. The molecule has 0 aromatic carbocycles. The Labute approximate surface area is 88.3 Å². The van der Waals surface area contributed by atoms with E-state index in [1.54, 1.807) is 0 Å².